The Morgan fingerprint density at radius 3 is 3.00 bits per heavy atom. The second-order valence-electron chi connectivity index (χ2n) is 5.24. The molecule has 0 radical (unpaired) electrons. The monoisotopic (exact) mass is 367 g/mol. The fraction of sp³-hybridized carbons (Fsp3) is 0.375. The number of hydrogen-bond donors (Lipinski definition) is 2. The molecule has 0 saturated carbocycles. The molecule has 1 fully saturated rings. The van der Waals surface area contributed by atoms with Gasteiger partial charge in [-0.3, -0.25) is 9.59 Å². The molecule has 9 heteroatoms. The van der Waals surface area contributed by atoms with Crippen molar-refractivity contribution in [2.75, 3.05) is 6.61 Å². The van der Waals surface area contributed by atoms with Gasteiger partial charge in [-0.15, -0.1) is 5.10 Å². The zero-order chi connectivity index (χ0) is 18.2. The lowest BCUT2D eigenvalue weighted by Crippen LogP contribution is -2.26. The number of carbonyl (C=O) groups excluding carboxylic acids is 1. The van der Waals surface area contributed by atoms with Crippen LogP contribution in [-0.4, -0.2) is 40.2 Å². The summed E-state index contributed by atoms with van der Waals surface area (Å²) in [4.78, 5) is 22.2. The van der Waals surface area contributed by atoms with Crippen LogP contribution in [0.1, 0.15) is 31.7 Å². The number of hydrogen-bond acceptors (Lipinski definition) is 6. The highest BCUT2D eigenvalue weighted by molar-refractivity contribution is 8.15. The number of amidine groups is 1. The van der Waals surface area contributed by atoms with Crippen LogP contribution in [0.4, 0.5) is 4.39 Å². The molecule has 1 amide bonds. The number of thioether (sulfide) groups is 1. The van der Waals surface area contributed by atoms with Gasteiger partial charge in [0.25, 0.3) is 0 Å². The van der Waals surface area contributed by atoms with Gasteiger partial charge in [0.15, 0.2) is 16.7 Å². The summed E-state index contributed by atoms with van der Waals surface area (Å²) >= 11 is 1.000. The number of unbranched alkanes of at least 4 members (excludes halogenated alkanes) is 1. The minimum Gasteiger partial charge on any atom is -0.491 e. The van der Waals surface area contributed by atoms with Crippen LogP contribution in [0.5, 0.6) is 5.75 Å². The first kappa shape index (κ1) is 18.9. The highest BCUT2D eigenvalue weighted by Gasteiger charge is 2.32. The number of aliphatic carboxylic acids is 1. The van der Waals surface area contributed by atoms with Gasteiger partial charge in [-0.25, -0.2) is 4.39 Å². The molecule has 1 heterocycles. The lowest BCUT2D eigenvalue weighted by atomic mass is 10.2. The van der Waals surface area contributed by atoms with E-state index >= 15 is 0 Å². The molecule has 1 aliphatic heterocycles. The largest absolute Gasteiger partial charge is 0.491 e. The van der Waals surface area contributed by atoms with E-state index < -0.39 is 22.9 Å². The van der Waals surface area contributed by atoms with E-state index in [0.29, 0.717) is 12.2 Å². The molecule has 25 heavy (non-hydrogen) atoms. The molecular formula is C16H18FN3O4S. The Balaban J connectivity index is 1.94. The van der Waals surface area contributed by atoms with E-state index in [-0.39, 0.29) is 17.3 Å². The first-order valence-corrected chi connectivity index (χ1v) is 8.60. The summed E-state index contributed by atoms with van der Waals surface area (Å²) < 4.78 is 19.2. The number of carboxylic acids is 1. The fourth-order valence-corrected chi connectivity index (χ4v) is 2.85. The Hall–Kier alpha value is -2.42. The lowest BCUT2D eigenvalue weighted by Gasteiger charge is -2.06. The first-order valence-electron chi connectivity index (χ1n) is 7.72. The molecular weight excluding hydrogens is 349 g/mol. The summed E-state index contributed by atoms with van der Waals surface area (Å²) in [5.74, 6) is -1.78. The summed E-state index contributed by atoms with van der Waals surface area (Å²) in [6, 6.07) is 4.44. The molecule has 0 aliphatic carbocycles. The molecule has 2 N–H and O–H groups in total. The number of ether oxygens (including phenoxy) is 1. The van der Waals surface area contributed by atoms with Crippen molar-refractivity contribution in [1.29, 1.82) is 0 Å². The van der Waals surface area contributed by atoms with Gasteiger partial charge in [-0.1, -0.05) is 25.1 Å². The maximum atomic E-state index is 13.9. The number of carbonyl (C=O) groups is 2. The zero-order valence-corrected chi connectivity index (χ0v) is 14.4. The standard InChI is InChI=1S/C16H18FN3O4S/c1-2-3-6-24-12-5-4-10(7-11(12)17)9-18-20-16-19-15(23)13(25-16)8-14(21)22/h4-5,7,9,13H,2-3,6,8H2,1H3,(H,21,22)(H,19,20,23). The van der Waals surface area contributed by atoms with Crippen molar-refractivity contribution < 1.29 is 23.8 Å². The summed E-state index contributed by atoms with van der Waals surface area (Å²) in [5, 5.41) is 18.3. The maximum absolute atomic E-state index is 13.9. The Morgan fingerprint density at radius 1 is 1.52 bits per heavy atom. The van der Waals surface area contributed by atoms with Crippen LogP contribution in [0.25, 0.3) is 0 Å². The first-order chi connectivity index (χ1) is 12.0. The minimum atomic E-state index is -1.06. The molecule has 1 unspecified atom stereocenters. The number of amides is 1. The molecule has 1 aliphatic rings. The third kappa shape index (κ3) is 5.86. The number of nitrogens with zero attached hydrogens (tertiary/aromatic N) is 2. The molecule has 0 aromatic heterocycles. The topological polar surface area (TPSA) is 100 Å². The predicted molar refractivity (Wildman–Crippen MR) is 93.6 cm³/mol. The van der Waals surface area contributed by atoms with Gasteiger partial charge < -0.3 is 15.2 Å². The Kier molecular flexibility index (Phi) is 6.93. The summed E-state index contributed by atoms with van der Waals surface area (Å²) in [5.41, 5.74) is 0.487. The normalized spacial score (nSPS) is 18.7. The van der Waals surface area contributed by atoms with Crippen molar-refractivity contribution in [1.82, 2.24) is 5.32 Å². The average molecular weight is 367 g/mol. The van der Waals surface area contributed by atoms with Gasteiger partial charge >= 0.3 is 5.97 Å². The maximum Gasteiger partial charge on any atom is 0.305 e. The smallest absolute Gasteiger partial charge is 0.305 e. The fourth-order valence-electron chi connectivity index (χ4n) is 1.93. The third-order valence-corrected chi connectivity index (χ3v) is 4.28. The van der Waals surface area contributed by atoms with Crippen molar-refractivity contribution in [2.24, 2.45) is 10.2 Å². The highest BCUT2D eigenvalue weighted by Crippen LogP contribution is 2.22. The van der Waals surface area contributed by atoms with Crippen LogP contribution in [0.15, 0.2) is 28.4 Å². The average Bonchev–Trinajstić information content (AvgIpc) is 2.89. The van der Waals surface area contributed by atoms with E-state index in [1.54, 1.807) is 6.07 Å². The van der Waals surface area contributed by atoms with Crippen LogP contribution in [0, 0.1) is 5.82 Å². The van der Waals surface area contributed by atoms with Crippen LogP contribution < -0.4 is 10.1 Å². The number of carboxylic acid groups (broad SMARTS) is 1. The molecule has 2 rings (SSSR count). The molecule has 1 saturated heterocycles. The van der Waals surface area contributed by atoms with E-state index in [0.717, 1.165) is 24.6 Å². The number of rotatable bonds is 8. The molecule has 1 aromatic carbocycles. The van der Waals surface area contributed by atoms with Crippen LogP contribution in [0.3, 0.4) is 0 Å². The highest BCUT2D eigenvalue weighted by atomic mass is 32.2. The second-order valence-corrected chi connectivity index (χ2v) is 6.43. The van der Waals surface area contributed by atoms with Crippen LogP contribution in [-0.2, 0) is 9.59 Å². The van der Waals surface area contributed by atoms with Crippen molar-refractivity contribution in [3.63, 3.8) is 0 Å². The van der Waals surface area contributed by atoms with Gasteiger partial charge in [-0.05, 0) is 30.2 Å². The Bertz CT molecular complexity index is 709. The molecule has 134 valence electrons. The Labute approximate surface area is 148 Å². The molecule has 1 aromatic rings. The number of halogens is 1. The summed E-state index contributed by atoms with van der Waals surface area (Å²) in [6.07, 6.45) is 2.87. The van der Waals surface area contributed by atoms with Crippen molar-refractivity contribution >= 4 is 35.0 Å². The number of benzene rings is 1. The molecule has 1 atom stereocenters. The number of nitrogens with one attached hydrogen (secondary N) is 1. The van der Waals surface area contributed by atoms with E-state index in [1.807, 2.05) is 6.92 Å². The van der Waals surface area contributed by atoms with Gasteiger partial charge in [0.2, 0.25) is 5.91 Å². The second kappa shape index (κ2) is 9.16. The SMILES string of the molecule is CCCCOc1ccc(C=NN=C2NC(=O)C(CC(=O)O)S2)cc1F. The Morgan fingerprint density at radius 2 is 2.32 bits per heavy atom. The summed E-state index contributed by atoms with van der Waals surface area (Å²) in [7, 11) is 0. The van der Waals surface area contributed by atoms with Crippen molar-refractivity contribution in [3.8, 4) is 5.75 Å². The third-order valence-electron chi connectivity index (χ3n) is 3.20. The lowest BCUT2D eigenvalue weighted by molar-refractivity contribution is -0.138. The molecule has 0 bridgehead atoms. The van der Waals surface area contributed by atoms with Crippen molar-refractivity contribution in [2.45, 2.75) is 31.4 Å². The molecule has 0 spiro atoms. The van der Waals surface area contributed by atoms with Gasteiger partial charge in [0.1, 0.15) is 5.25 Å². The zero-order valence-electron chi connectivity index (χ0n) is 13.6. The van der Waals surface area contributed by atoms with Crippen LogP contribution in [0.2, 0.25) is 0 Å². The van der Waals surface area contributed by atoms with E-state index in [9.17, 15) is 14.0 Å². The predicted octanol–water partition coefficient (Wildman–Crippen LogP) is 2.40. The molecule has 7 nitrogen and oxygen atoms in total. The van der Waals surface area contributed by atoms with E-state index in [2.05, 4.69) is 15.5 Å². The van der Waals surface area contributed by atoms with E-state index in [1.165, 1.54) is 18.3 Å². The minimum absolute atomic E-state index is 0.187. The van der Waals surface area contributed by atoms with E-state index in [4.69, 9.17) is 9.84 Å². The van der Waals surface area contributed by atoms with Gasteiger partial charge in [0.05, 0.1) is 19.2 Å². The van der Waals surface area contributed by atoms with Gasteiger partial charge in [0, 0.05) is 0 Å². The van der Waals surface area contributed by atoms with Crippen molar-refractivity contribution in [3.05, 3.63) is 29.6 Å². The van der Waals surface area contributed by atoms with Gasteiger partial charge in [-0.2, -0.15) is 5.10 Å². The van der Waals surface area contributed by atoms with Crippen LogP contribution >= 0.6 is 11.8 Å². The quantitative estimate of drug-likeness (QED) is 0.417. The summed E-state index contributed by atoms with van der Waals surface area (Å²) in [6.45, 7) is 2.48.